The highest BCUT2D eigenvalue weighted by Crippen LogP contribution is 2.29. The Bertz CT molecular complexity index is 546. The van der Waals surface area contributed by atoms with Crippen LogP contribution in [-0.4, -0.2) is 34.3 Å². The fourth-order valence-electron chi connectivity index (χ4n) is 2.86. The van der Waals surface area contributed by atoms with Crippen LogP contribution in [0.4, 0.5) is 0 Å². The first-order chi connectivity index (χ1) is 9.68. The molecule has 1 atom stereocenters. The van der Waals surface area contributed by atoms with Crippen LogP contribution in [-0.2, 0) is 6.54 Å². The summed E-state index contributed by atoms with van der Waals surface area (Å²) in [5.74, 6) is 0. The Morgan fingerprint density at radius 1 is 1.30 bits per heavy atom. The first kappa shape index (κ1) is 13.3. The van der Waals surface area contributed by atoms with Gasteiger partial charge in [0.25, 0.3) is 0 Å². The highest BCUT2D eigenvalue weighted by Gasteiger charge is 2.32. The van der Waals surface area contributed by atoms with Crippen LogP contribution in [0.1, 0.15) is 18.9 Å². The minimum absolute atomic E-state index is 0.301. The molecular weight excluding hydrogens is 248 g/mol. The molecule has 0 bridgehead atoms. The van der Waals surface area contributed by atoms with Gasteiger partial charge in [-0.05, 0) is 48.7 Å². The van der Waals surface area contributed by atoms with E-state index in [-0.39, 0.29) is 0 Å². The van der Waals surface area contributed by atoms with Gasteiger partial charge >= 0.3 is 0 Å². The normalized spacial score (nSPS) is 23.3. The van der Waals surface area contributed by atoms with Crippen molar-refractivity contribution < 1.29 is 0 Å². The van der Waals surface area contributed by atoms with Crippen molar-refractivity contribution in [1.29, 1.82) is 0 Å². The third-order valence-electron chi connectivity index (χ3n) is 4.24. The number of hydrogen-bond donors (Lipinski definition) is 1. The predicted octanol–water partition coefficient (Wildman–Crippen LogP) is 2.04. The highest BCUT2D eigenvalue weighted by molar-refractivity contribution is 5.33. The molecule has 0 aliphatic carbocycles. The van der Waals surface area contributed by atoms with E-state index in [1.165, 1.54) is 12.0 Å². The van der Waals surface area contributed by atoms with E-state index in [2.05, 4.69) is 41.2 Å². The lowest BCUT2D eigenvalue weighted by Crippen LogP contribution is -2.31. The molecule has 1 aromatic carbocycles. The fourth-order valence-corrected chi connectivity index (χ4v) is 2.86. The van der Waals surface area contributed by atoms with Crippen molar-refractivity contribution in [3.63, 3.8) is 0 Å². The second-order valence-electron chi connectivity index (χ2n) is 6.09. The Labute approximate surface area is 120 Å². The van der Waals surface area contributed by atoms with Crippen LogP contribution in [0, 0.1) is 5.41 Å². The van der Waals surface area contributed by atoms with Gasteiger partial charge in [0.1, 0.15) is 0 Å². The largest absolute Gasteiger partial charge is 0.330 e. The van der Waals surface area contributed by atoms with Gasteiger partial charge in [-0.3, -0.25) is 4.90 Å². The van der Waals surface area contributed by atoms with E-state index in [1.807, 2.05) is 16.9 Å². The van der Waals surface area contributed by atoms with Crippen molar-refractivity contribution in [2.75, 3.05) is 19.6 Å². The lowest BCUT2D eigenvalue weighted by molar-refractivity contribution is 0.274. The predicted molar refractivity (Wildman–Crippen MR) is 80.6 cm³/mol. The van der Waals surface area contributed by atoms with E-state index in [0.717, 1.165) is 31.9 Å². The number of aromatic nitrogens is 2. The molecule has 2 N–H and O–H groups in total. The average Bonchev–Trinajstić information content (AvgIpc) is 3.11. The minimum atomic E-state index is 0.301. The third kappa shape index (κ3) is 2.76. The van der Waals surface area contributed by atoms with E-state index >= 15 is 0 Å². The molecule has 1 aliphatic rings. The zero-order valence-corrected chi connectivity index (χ0v) is 12.0. The average molecular weight is 270 g/mol. The van der Waals surface area contributed by atoms with Crippen molar-refractivity contribution >= 4 is 0 Å². The van der Waals surface area contributed by atoms with Gasteiger partial charge in [-0.15, -0.1) is 0 Å². The summed E-state index contributed by atoms with van der Waals surface area (Å²) in [6.45, 7) is 6.32. The summed E-state index contributed by atoms with van der Waals surface area (Å²) in [6, 6.07) is 10.6. The molecule has 4 nitrogen and oxygen atoms in total. The number of rotatable bonds is 4. The fraction of sp³-hybridized carbons (Fsp3) is 0.438. The smallest absolute Gasteiger partial charge is 0.0645 e. The van der Waals surface area contributed by atoms with Crippen LogP contribution >= 0.6 is 0 Å². The summed E-state index contributed by atoms with van der Waals surface area (Å²) in [6.07, 6.45) is 4.96. The molecule has 20 heavy (non-hydrogen) atoms. The van der Waals surface area contributed by atoms with Gasteiger partial charge in [-0.25, -0.2) is 4.68 Å². The highest BCUT2D eigenvalue weighted by atomic mass is 15.3. The molecular formula is C16H22N4. The van der Waals surface area contributed by atoms with Gasteiger partial charge in [0.15, 0.2) is 0 Å². The summed E-state index contributed by atoms with van der Waals surface area (Å²) < 4.78 is 1.88. The number of likely N-dealkylation sites (tertiary alicyclic amines) is 1. The molecule has 106 valence electrons. The Hall–Kier alpha value is -1.65. The van der Waals surface area contributed by atoms with E-state index in [1.54, 1.807) is 6.20 Å². The summed E-state index contributed by atoms with van der Waals surface area (Å²) >= 11 is 0. The number of nitrogens with zero attached hydrogens (tertiary/aromatic N) is 3. The molecule has 0 spiro atoms. The van der Waals surface area contributed by atoms with Gasteiger partial charge in [-0.1, -0.05) is 19.1 Å². The van der Waals surface area contributed by atoms with Crippen molar-refractivity contribution in [3.05, 3.63) is 48.3 Å². The first-order valence-corrected chi connectivity index (χ1v) is 7.20. The van der Waals surface area contributed by atoms with Crippen LogP contribution in [0.15, 0.2) is 42.7 Å². The summed E-state index contributed by atoms with van der Waals surface area (Å²) in [4.78, 5) is 2.50. The second kappa shape index (κ2) is 5.38. The van der Waals surface area contributed by atoms with Crippen molar-refractivity contribution in [3.8, 4) is 5.69 Å². The Morgan fingerprint density at radius 2 is 2.10 bits per heavy atom. The van der Waals surface area contributed by atoms with Gasteiger partial charge in [0.2, 0.25) is 0 Å². The van der Waals surface area contributed by atoms with Crippen molar-refractivity contribution in [2.24, 2.45) is 11.1 Å². The van der Waals surface area contributed by atoms with Crippen LogP contribution in [0.5, 0.6) is 0 Å². The molecule has 4 heteroatoms. The van der Waals surface area contributed by atoms with Crippen LogP contribution in [0.2, 0.25) is 0 Å². The molecule has 0 amide bonds. The molecule has 1 saturated heterocycles. The lowest BCUT2D eigenvalue weighted by Gasteiger charge is -2.22. The second-order valence-corrected chi connectivity index (χ2v) is 6.09. The SMILES string of the molecule is CC1(CN)CCN(Cc2ccc(-n3cccn3)cc2)C1. The summed E-state index contributed by atoms with van der Waals surface area (Å²) in [7, 11) is 0. The number of nitrogens with two attached hydrogens (primary N) is 1. The molecule has 0 saturated carbocycles. The van der Waals surface area contributed by atoms with E-state index < -0.39 is 0 Å². The minimum Gasteiger partial charge on any atom is -0.330 e. The van der Waals surface area contributed by atoms with E-state index in [0.29, 0.717) is 5.41 Å². The van der Waals surface area contributed by atoms with E-state index in [9.17, 15) is 0 Å². The maximum Gasteiger partial charge on any atom is 0.0645 e. The van der Waals surface area contributed by atoms with Gasteiger partial charge in [-0.2, -0.15) is 5.10 Å². The van der Waals surface area contributed by atoms with Crippen molar-refractivity contribution in [2.45, 2.75) is 19.9 Å². The molecule has 2 heterocycles. The topological polar surface area (TPSA) is 47.1 Å². The lowest BCUT2D eigenvalue weighted by atomic mass is 9.90. The van der Waals surface area contributed by atoms with Gasteiger partial charge in [0, 0.05) is 25.5 Å². The molecule has 3 rings (SSSR count). The Balaban J connectivity index is 1.65. The molecule has 2 aromatic rings. The van der Waals surface area contributed by atoms with Crippen LogP contribution in [0.3, 0.4) is 0 Å². The monoisotopic (exact) mass is 270 g/mol. The summed E-state index contributed by atoms with van der Waals surface area (Å²) in [5.41, 5.74) is 8.61. The van der Waals surface area contributed by atoms with Crippen LogP contribution in [0.25, 0.3) is 5.69 Å². The molecule has 1 aromatic heterocycles. The zero-order valence-electron chi connectivity index (χ0n) is 12.0. The van der Waals surface area contributed by atoms with Gasteiger partial charge in [0.05, 0.1) is 5.69 Å². The first-order valence-electron chi connectivity index (χ1n) is 7.20. The van der Waals surface area contributed by atoms with Crippen molar-refractivity contribution in [1.82, 2.24) is 14.7 Å². The maximum absolute atomic E-state index is 5.86. The van der Waals surface area contributed by atoms with Crippen LogP contribution < -0.4 is 5.73 Å². The Kier molecular flexibility index (Phi) is 3.59. The molecule has 1 unspecified atom stereocenters. The molecule has 1 fully saturated rings. The zero-order chi connectivity index (χ0) is 14.0. The standard InChI is InChI=1S/C16H22N4/c1-16(12-17)7-10-19(13-16)11-14-3-5-15(6-4-14)20-9-2-8-18-20/h2-6,8-9H,7,10-13,17H2,1H3. The molecule has 0 radical (unpaired) electrons. The molecule has 1 aliphatic heterocycles. The third-order valence-corrected chi connectivity index (χ3v) is 4.24. The quantitative estimate of drug-likeness (QED) is 0.925. The summed E-state index contributed by atoms with van der Waals surface area (Å²) in [5, 5.41) is 4.24. The number of hydrogen-bond acceptors (Lipinski definition) is 3. The Morgan fingerprint density at radius 3 is 2.70 bits per heavy atom. The van der Waals surface area contributed by atoms with Gasteiger partial charge < -0.3 is 5.73 Å². The number of benzene rings is 1. The van der Waals surface area contributed by atoms with E-state index in [4.69, 9.17) is 5.73 Å². The maximum atomic E-state index is 5.86.